The lowest BCUT2D eigenvalue weighted by Crippen LogP contribution is -2.67. The molecule has 1 aliphatic carbocycles. The lowest BCUT2D eigenvalue weighted by Gasteiger charge is -2.45. The number of nitrogens with two attached hydrogens (primary N) is 3. The largest absolute Gasteiger partial charge is 0.394 e. The summed E-state index contributed by atoms with van der Waals surface area (Å²) in [4.78, 5) is 0. The zero-order chi connectivity index (χ0) is 16.6. The molecule has 130 valence electrons. The Morgan fingerprint density at radius 2 is 1.55 bits per heavy atom. The molecule has 2 aliphatic rings. The molecule has 11 N–H and O–H groups in total. The quantitative estimate of drug-likeness (QED) is 0.248. The summed E-state index contributed by atoms with van der Waals surface area (Å²) in [7, 11) is 0. The summed E-state index contributed by atoms with van der Waals surface area (Å²) in [5, 5.41) is 48.8. The molecule has 10 atom stereocenters. The minimum atomic E-state index is -1.38. The van der Waals surface area contributed by atoms with Gasteiger partial charge in [-0.25, -0.2) is 0 Å². The third kappa shape index (κ3) is 3.26. The molecule has 2 fully saturated rings. The summed E-state index contributed by atoms with van der Waals surface area (Å²) in [5.41, 5.74) is 17.2. The van der Waals surface area contributed by atoms with Gasteiger partial charge in [-0.3, -0.25) is 0 Å². The second kappa shape index (κ2) is 7.01. The van der Waals surface area contributed by atoms with Crippen molar-refractivity contribution in [2.24, 2.45) is 17.2 Å². The Bertz CT molecular complexity index is 375. The molecule has 1 saturated carbocycles. The number of aliphatic hydroxyl groups excluding tert-OH is 5. The summed E-state index contributed by atoms with van der Waals surface area (Å²) < 4.78 is 10.7. The average molecular weight is 323 g/mol. The molecule has 1 aliphatic heterocycles. The van der Waals surface area contributed by atoms with Crippen molar-refractivity contribution in [1.29, 1.82) is 0 Å². The standard InChI is InChI=1S/C12H25N3O7/c13-3-1-4(14)11(10(20)7(3)17)22-12-9(19)6(15)8(18)5(2-16)21-12/h3-12,16-20H,1-2,13-15H2/t3-,4+,5-,6-,7+,8+,9+,10+,11-,12+/m0/s1. The second-order valence-electron chi connectivity index (χ2n) is 5.93. The molecular weight excluding hydrogens is 298 g/mol. The van der Waals surface area contributed by atoms with Crippen LogP contribution in [0.15, 0.2) is 0 Å². The first kappa shape index (κ1) is 17.9. The molecule has 0 spiro atoms. The highest BCUT2D eigenvalue weighted by Gasteiger charge is 2.48. The maximum Gasteiger partial charge on any atom is 0.186 e. The van der Waals surface area contributed by atoms with Crippen LogP contribution < -0.4 is 17.2 Å². The molecule has 2 rings (SSSR count). The smallest absolute Gasteiger partial charge is 0.186 e. The van der Waals surface area contributed by atoms with Crippen LogP contribution in [0.25, 0.3) is 0 Å². The van der Waals surface area contributed by atoms with Crippen molar-refractivity contribution in [2.75, 3.05) is 6.61 Å². The molecule has 0 unspecified atom stereocenters. The van der Waals surface area contributed by atoms with Gasteiger partial charge in [-0.2, -0.15) is 0 Å². The van der Waals surface area contributed by atoms with Gasteiger partial charge >= 0.3 is 0 Å². The van der Waals surface area contributed by atoms with Crippen LogP contribution in [0.2, 0.25) is 0 Å². The van der Waals surface area contributed by atoms with Gasteiger partial charge in [0, 0.05) is 12.1 Å². The van der Waals surface area contributed by atoms with Crippen molar-refractivity contribution in [3.05, 3.63) is 0 Å². The first-order valence-electron chi connectivity index (χ1n) is 7.18. The van der Waals surface area contributed by atoms with E-state index in [2.05, 4.69) is 0 Å². The van der Waals surface area contributed by atoms with Gasteiger partial charge in [0.1, 0.15) is 30.5 Å². The van der Waals surface area contributed by atoms with E-state index in [1.54, 1.807) is 0 Å². The van der Waals surface area contributed by atoms with Crippen LogP contribution >= 0.6 is 0 Å². The number of hydrogen-bond donors (Lipinski definition) is 8. The third-order valence-electron chi connectivity index (χ3n) is 4.32. The molecule has 22 heavy (non-hydrogen) atoms. The SMILES string of the molecule is N[C@@H]1[C@@H](O)[C@@H](O[C@@H]2[C@H](O)[C@H](O)[C@@H](N)C[C@H]2N)O[C@@H](CO)[C@H]1O. The average Bonchev–Trinajstić information content (AvgIpc) is 2.49. The Morgan fingerprint density at radius 3 is 2.14 bits per heavy atom. The normalized spacial score (nSPS) is 53.5. The van der Waals surface area contributed by atoms with Crippen molar-refractivity contribution < 1.29 is 35.0 Å². The van der Waals surface area contributed by atoms with E-state index in [4.69, 9.17) is 31.8 Å². The molecule has 10 heteroatoms. The predicted molar refractivity (Wildman–Crippen MR) is 73.2 cm³/mol. The zero-order valence-corrected chi connectivity index (χ0v) is 12.0. The molecule has 1 saturated heterocycles. The van der Waals surface area contributed by atoms with E-state index in [-0.39, 0.29) is 6.42 Å². The molecule has 0 bridgehead atoms. The van der Waals surface area contributed by atoms with Crippen LogP contribution in [-0.4, -0.2) is 93.2 Å². The fourth-order valence-corrected chi connectivity index (χ4v) is 2.85. The van der Waals surface area contributed by atoms with E-state index < -0.39 is 67.6 Å². The second-order valence-corrected chi connectivity index (χ2v) is 5.93. The number of rotatable bonds is 3. The topological polar surface area (TPSA) is 198 Å². The van der Waals surface area contributed by atoms with Crippen molar-refractivity contribution in [1.82, 2.24) is 0 Å². The Labute approximate surface area is 127 Å². The molecule has 10 nitrogen and oxygen atoms in total. The maximum atomic E-state index is 10.0. The third-order valence-corrected chi connectivity index (χ3v) is 4.32. The van der Waals surface area contributed by atoms with Gasteiger partial charge in [0.25, 0.3) is 0 Å². The maximum absolute atomic E-state index is 10.0. The van der Waals surface area contributed by atoms with E-state index in [9.17, 15) is 20.4 Å². The van der Waals surface area contributed by atoms with Crippen molar-refractivity contribution in [3.63, 3.8) is 0 Å². The zero-order valence-electron chi connectivity index (χ0n) is 12.0. The van der Waals surface area contributed by atoms with E-state index >= 15 is 0 Å². The van der Waals surface area contributed by atoms with E-state index in [1.807, 2.05) is 0 Å². The van der Waals surface area contributed by atoms with Crippen LogP contribution in [0.3, 0.4) is 0 Å². The molecule has 1 heterocycles. The van der Waals surface area contributed by atoms with Gasteiger partial charge < -0.3 is 52.2 Å². The molecule has 0 amide bonds. The van der Waals surface area contributed by atoms with Gasteiger partial charge in [-0.15, -0.1) is 0 Å². The van der Waals surface area contributed by atoms with Crippen LogP contribution in [0.1, 0.15) is 6.42 Å². The molecule has 0 radical (unpaired) electrons. The van der Waals surface area contributed by atoms with Crippen LogP contribution in [-0.2, 0) is 9.47 Å². The highest BCUT2D eigenvalue weighted by atomic mass is 16.7. The summed E-state index contributed by atoms with van der Waals surface area (Å²) >= 11 is 0. The van der Waals surface area contributed by atoms with Gasteiger partial charge in [-0.1, -0.05) is 0 Å². The Hall–Kier alpha value is -0.400. The molecule has 0 aromatic rings. The monoisotopic (exact) mass is 323 g/mol. The fraction of sp³-hybridized carbons (Fsp3) is 1.00. The summed E-state index contributed by atoms with van der Waals surface area (Å²) in [6.07, 6.45) is -8.38. The van der Waals surface area contributed by atoms with Gasteiger partial charge in [0.15, 0.2) is 6.29 Å². The predicted octanol–water partition coefficient (Wildman–Crippen LogP) is -5.08. The Morgan fingerprint density at radius 1 is 0.909 bits per heavy atom. The molecular formula is C12H25N3O7. The highest BCUT2D eigenvalue weighted by Crippen LogP contribution is 2.27. The fourth-order valence-electron chi connectivity index (χ4n) is 2.85. The van der Waals surface area contributed by atoms with E-state index in [0.717, 1.165) is 0 Å². The van der Waals surface area contributed by atoms with Gasteiger partial charge in [0.05, 0.1) is 18.8 Å². The van der Waals surface area contributed by atoms with Crippen molar-refractivity contribution in [3.8, 4) is 0 Å². The number of hydrogen-bond acceptors (Lipinski definition) is 10. The lowest BCUT2D eigenvalue weighted by molar-refractivity contribution is -0.304. The summed E-state index contributed by atoms with van der Waals surface area (Å²) in [5.74, 6) is 0. The number of ether oxygens (including phenoxy) is 2. The van der Waals surface area contributed by atoms with Gasteiger partial charge in [0.2, 0.25) is 0 Å². The first-order valence-corrected chi connectivity index (χ1v) is 7.18. The Kier molecular flexibility index (Phi) is 5.72. The van der Waals surface area contributed by atoms with Crippen molar-refractivity contribution >= 4 is 0 Å². The van der Waals surface area contributed by atoms with Crippen LogP contribution in [0.4, 0.5) is 0 Å². The summed E-state index contributed by atoms with van der Waals surface area (Å²) in [6.45, 7) is -0.520. The minimum absolute atomic E-state index is 0.212. The molecule has 0 aromatic carbocycles. The first-order chi connectivity index (χ1) is 10.3. The highest BCUT2D eigenvalue weighted by molar-refractivity contribution is 4.99. The lowest BCUT2D eigenvalue weighted by atomic mass is 9.84. The number of aliphatic hydroxyl groups is 5. The van der Waals surface area contributed by atoms with Crippen LogP contribution in [0.5, 0.6) is 0 Å². The summed E-state index contributed by atoms with van der Waals surface area (Å²) in [6, 6.07) is -2.46. The minimum Gasteiger partial charge on any atom is -0.394 e. The Balaban J connectivity index is 2.08. The van der Waals surface area contributed by atoms with E-state index in [0.29, 0.717) is 0 Å². The van der Waals surface area contributed by atoms with Crippen molar-refractivity contribution in [2.45, 2.75) is 67.5 Å². The van der Waals surface area contributed by atoms with Gasteiger partial charge in [-0.05, 0) is 6.42 Å². The van der Waals surface area contributed by atoms with Crippen LogP contribution in [0, 0.1) is 0 Å². The van der Waals surface area contributed by atoms with E-state index in [1.165, 1.54) is 0 Å². The molecule has 0 aromatic heterocycles.